The van der Waals surface area contributed by atoms with Crippen LogP contribution in [-0.4, -0.2) is 4.98 Å². The molecule has 50 valence electrons. The van der Waals surface area contributed by atoms with Gasteiger partial charge in [-0.1, -0.05) is 6.07 Å². The summed E-state index contributed by atoms with van der Waals surface area (Å²) in [6.45, 7) is 0. The maximum Gasteiger partial charge on any atom is 0.135 e. The molecular weight excluding hydrogens is 126 g/mol. The molecule has 1 unspecified atom stereocenters. The maximum absolute atomic E-state index is 8.37. The molecule has 0 aliphatic rings. The summed E-state index contributed by atoms with van der Waals surface area (Å²) in [5.74, 6) is 0. The molecule has 1 heterocycles. The van der Waals surface area contributed by atoms with Crippen molar-refractivity contribution < 1.29 is 0 Å². The third-order valence-corrected chi connectivity index (χ3v) is 1.15. The molecular formula is C7H7N3. The van der Waals surface area contributed by atoms with Gasteiger partial charge in [0.2, 0.25) is 0 Å². The third kappa shape index (κ3) is 1.30. The Morgan fingerprint density at radius 3 is 2.90 bits per heavy atom. The Hall–Kier alpha value is -1.40. The van der Waals surface area contributed by atoms with Crippen molar-refractivity contribution in [3.05, 3.63) is 30.1 Å². The van der Waals surface area contributed by atoms with E-state index in [1.807, 2.05) is 6.07 Å². The van der Waals surface area contributed by atoms with Crippen molar-refractivity contribution in [2.24, 2.45) is 5.73 Å². The molecule has 0 fully saturated rings. The Balaban J connectivity index is 2.88. The summed E-state index contributed by atoms with van der Waals surface area (Å²) in [6, 6.07) is 6.62. The Morgan fingerprint density at radius 1 is 1.60 bits per heavy atom. The van der Waals surface area contributed by atoms with E-state index in [1.165, 1.54) is 0 Å². The molecule has 1 rings (SSSR count). The Morgan fingerprint density at radius 2 is 2.40 bits per heavy atom. The monoisotopic (exact) mass is 133 g/mol. The Labute approximate surface area is 59.1 Å². The molecule has 1 aromatic rings. The lowest BCUT2D eigenvalue weighted by atomic mass is 10.2. The highest BCUT2D eigenvalue weighted by atomic mass is 14.8. The van der Waals surface area contributed by atoms with Crippen LogP contribution in [0.3, 0.4) is 0 Å². The molecule has 0 saturated heterocycles. The molecule has 0 radical (unpaired) electrons. The number of nitriles is 1. The average molecular weight is 133 g/mol. The fourth-order valence-corrected chi connectivity index (χ4v) is 0.626. The van der Waals surface area contributed by atoms with Crippen molar-refractivity contribution in [3.8, 4) is 6.07 Å². The van der Waals surface area contributed by atoms with Crippen molar-refractivity contribution >= 4 is 0 Å². The van der Waals surface area contributed by atoms with Crippen molar-refractivity contribution in [3.63, 3.8) is 0 Å². The van der Waals surface area contributed by atoms with Crippen LogP contribution < -0.4 is 5.73 Å². The topological polar surface area (TPSA) is 62.7 Å². The second kappa shape index (κ2) is 2.95. The van der Waals surface area contributed by atoms with E-state index in [4.69, 9.17) is 11.0 Å². The van der Waals surface area contributed by atoms with E-state index in [9.17, 15) is 0 Å². The van der Waals surface area contributed by atoms with E-state index in [-0.39, 0.29) is 0 Å². The van der Waals surface area contributed by atoms with Crippen molar-refractivity contribution in [1.29, 1.82) is 5.26 Å². The quantitative estimate of drug-likeness (QED) is 0.610. The van der Waals surface area contributed by atoms with E-state index < -0.39 is 6.04 Å². The van der Waals surface area contributed by atoms with Gasteiger partial charge in [0.05, 0.1) is 11.8 Å². The second-order valence-electron chi connectivity index (χ2n) is 1.86. The van der Waals surface area contributed by atoms with Gasteiger partial charge in [-0.05, 0) is 12.1 Å². The molecule has 1 aromatic heterocycles. The molecule has 0 bridgehead atoms. The number of nitrogens with zero attached hydrogens (tertiary/aromatic N) is 2. The summed E-state index contributed by atoms with van der Waals surface area (Å²) >= 11 is 0. The first-order valence-electron chi connectivity index (χ1n) is 2.90. The molecule has 2 N–H and O–H groups in total. The van der Waals surface area contributed by atoms with Crippen LogP contribution in [0.15, 0.2) is 24.4 Å². The van der Waals surface area contributed by atoms with Gasteiger partial charge in [0.15, 0.2) is 0 Å². The summed E-state index contributed by atoms with van der Waals surface area (Å²) in [6.07, 6.45) is 1.62. The van der Waals surface area contributed by atoms with Crippen molar-refractivity contribution in [2.45, 2.75) is 6.04 Å². The summed E-state index contributed by atoms with van der Waals surface area (Å²) < 4.78 is 0. The molecule has 0 spiro atoms. The highest BCUT2D eigenvalue weighted by Gasteiger charge is 2.01. The second-order valence-corrected chi connectivity index (χ2v) is 1.86. The lowest BCUT2D eigenvalue weighted by Gasteiger charge is -1.98. The fraction of sp³-hybridized carbons (Fsp3) is 0.143. The number of rotatable bonds is 1. The van der Waals surface area contributed by atoms with Gasteiger partial charge in [-0.15, -0.1) is 0 Å². The fourth-order valence-electron chi connectivity index (χ4n) is 0.626. The minimum Gasteiger partial charge on any atom is -0.311 e. The normalized spacial score (nSPS) is 12.0. The van der Waals surface area contributed by atoms with Crippen LogP contribution in [0.4, 0.5) is 0 Å². The zero-order valence-electron chi connectivity index (χ0n) is 5.36. The number of nitrogens with two attached hydrogens (primary N) is 1. The Bertz CT molecular complexity index is 237. The third-order valence-electron chi connectivity index (χ3n) is 1.15. The van der Waals surface area contributed by atoms with Gasteiger partial charge < -0.3 is 5.73 Å². The van der Waals surface area contributed by atoms with Crippen LogP contribution in [0.2, 0.25) is 0 Å². The average Bonchev–Trinajstić information content (AvgIpc) is 2.05. The van der Waals surface area contributed by atoms with E-state index in [0.717, 1.165) is 0 Å². The van der Waals surface area contributed by atoms with Crippen LogP contribution in [0.25, 0.3) is 0 Å². The van der Waals surface area contributed by atoms with Gasteiger partial charge in [-0.25, -0.2) is 0 Å². The smallest absolute Gasteiger partial charge is 0.135 e. The molecule has 0 saturated carbocycles. The summed E-state index contributed by atoms with van der Waals surface area (Å²) in [5.41, 5.74) is 5.99. The number of pyridine rings is 1. The zero-order chi connectivity index (χ0) is 7.40. The minimum absolute atomic E-state index is 0.596. The van der Waals surface area contributed by atoms with E-state index in [2.05, 4.69) is 4.98 Å². The van der Waals surface area contributed by atoms with E-state index in [1.54, 1.807) is 24.4 Å². The lowest BCUT2D eigenvalue weighted by molar-refractivity contribution is 0.875. The molecule has 0 amide bonds. The molecule has 1 atom stereocenters. The predicted molar refractivity (Wildman–Crippen MR) is 36.8 cm³/mol. The van der Waals surface area contributed by atoms with Gasteiger partial charge in [-0.3, -0.25) is 4.98 Å². The summed E-state index contributed by atoms with van der Waals surface area (Å²) in [5, 5.41) is 8.37. The van der Waals surface area contributed by atoms with Crippen molar-refractivity contribution in [1.82, 2.24) is 4.98 Å². The lowest BCUT2D eigenvalue weighted by Crippen LogP contribution is -2.08. The van der Waals surface area contributed by atoms with Crippen molar-refractivity contribution in [2.75, 3.05) is 0 Å². The largest absolute Gasteiger partial charge is 0.311 e. The van der Waals surface area contributed by atoms with Crippen LogP contribution in [0.1, 0.15) is 11.7 Å². The highest BCUT2D eigenvalue weighted by Crippen LogP contribution is 2.02. The standard InChI is InChI=1S/C7H7N3/c8-5-6(9)7-3-1-2-4-10-7/h1-4,6H,9H2. The van der Waals surface area contributed by atoms with E-state index >= 15 is 0 Å². The van der Waals surface area contributed by atoms with Crippen LogP contribution in [-0.2, 0) is 0 Å². The molecule has 3 nitrogen and oxygen atoms in total. The van der Waals surface area contributed by atoms with Gasteiger partial charge in [0, 0.05) is 6.20 Å². The first-order chi connectivity index (χ1) is 4.84. The SMILES string of the molecule is N#CC(N)c1ccccn1. The summed E-state index contributed by atoms with van der Waals surface area (Å²) in [4.78, 5) is 3.90. The molecule has 10 heavy (non-hydrogen) atoms. The van der Waals surface area contributed by atoms with Gasteiger partial charge >= 0.3 is 0 Å². The molecule has 0 aliphatic heterocycles. The van der Waals surface area contributed by atoms with Gasteiger partial charge in [0.1, 0.15) is 6.04 Å². The van der Waals surface area contributed by atoms with E-state index in [0.29, 0.717) is 5.69 Å². The summed E-state index contributed by atoms with van der Waals surface area (Å²) in [7, 11) is 0. The first kappa shape index (κ1) is 6.72. The molecule has 3 heteroatoms. The predicted octanol–water partition coefficient (Wildman–Crippen LogP) is 0.605. The van der Waals surface area contributed by atoms with Crippen LogP contribution in [0, 0.1) is 11.3 Å². The highest BCUT2D eigenvalue weighted by molar-refractivity contribution is 5.13. The number of hydrogen-bond donors (Lipinski definition) is 1. The number of aromatic nitrogens is 1. The number of hydrogen-bond acceptors (Lipinski definition) is 3. The maximum atomic E-state index is 8.37. The van der Waals surface area contributed by atoms with Gasteiger partial charge in [-0.2, -0.15) is 5.26 Å². The first-order valence-corrected chi connectivity index (χ1v) is 2.90. The van der Waals surface area contributed by atoms with Crippen LogP contribution >= 0.6 is 0 Å². The van der Waals surface area contributed by atoms with Gasteiger partial charge in [0.25, 0.3) is 0 Å². The molecule has 0 aliphatic carbocycles. The minimum atomic E-state index is -0.596. The zero-order valence-corrected chi connectivity index (χ0v) is 5.36. The van der Waals surface area contributed by atoms with Crippen LogP contribution in [0.5, 0.6) is 0 Å². The molecule has 0 aromatic carbocycles. The Kier molecular flexibility index (Phi) is 1.98.